The Labute approximate surface area is 112 Å². The van der Waals surface area contributed by atoms with E-state index in [9.17, 15) is 8.42 Å². The second kappa shape index (κ2) is 5.18. The molecule has 0 aliphatic rings. The minimum Gasteiger partial charge on any atom is -0.265 e. The maximum absolute atomic E-state index is 10.8. The van der Waals surface area contributed by atoms with Gasteiger partial charge in [-0.3, -0.25) is 4.18 Å². The molecule has 1 aromatic carbocycles. The molecule has 0 fully saturated rings. The molecule has 15 heavy (non-hydrogen) atoms. The van der Waals surface area contributed by atoms with Crippen LogP contribution in [-0.4, -0.2) is 14.7 Å². The van der Waals surface area contributed by atoms with Gasteiger partial charge in [-0.1, -0.05) is 29.3 Å². The van der Waals surface area contributed by atoms with E-state index >= 15 is 0 Å². The van der Waals surface area contributed by atoms with E-state index in [0.29, 0.717) is 15.6 Å². The largest absolute Gasteiger partial charge is 0.265 e. The predicted molar refractivity (Wildman–Crippen MR) is 68.8 cm³/mol. The number of hydrogen-bond acceptors (Lipinski definition) is 3. The quantitative estimate of drug-likeness (QED) is 0.459. The third-order valence-corrected chi connectivity index (χ3v) is 4.23. The molecule has 0 spiro atoms. The van der Waals surface area contributed by atoms with Gasteiger partial charge in [0.1, 0.15) is 0 Å². The first-order valence-electron chi connectivity index (χ1n) is 3.78. The van der Waals surface area contributed by atoms with Gasteiger partial charge in [0.25, 0.3) is 10.1 Å². The molecule has 0 N–H and O–H groups in total. The van der Waals surface area contributed by atoms with Crippen molar-refractivity contribution in [3.8, 4) is 0 Å². The molecule has 1 aromatic rings. The molecule has 7 heteroatoms. The number of halogens is 3. The highest BCUT2D eigenvalue weighted by atomic mass is 127. The van der Waals surface area contributed by atoms with Crippen LogP contribution in [0, 0.1) is 3.57 Å². The van der Waals surface area contributed by atoms with E-state index in [1.165, 1.54) is 0 Å². The molecule has 0 bridgehead atoms. The van der Waals surface area contributed by atoms with Crippen molar-refractivity contribution in [2.24, 2.45) is 0 Å². The van der Waals surface area contributed by atoms with E-state index in [2.05, 4.69) is 4.18 Å². The summed E-state index contributed by atoms with van der Waals surface area (Å²) in [5, 5.41) is 0.735. The zero-order chi connectivity index (χ0) is 11.6. The fourth-order valence-electron chi connectivity index (χ4n) is 0.848. The summed E-state index contributed by atoms with van der Waals surface area (Å²) in [5.74, 6) is 0. The lowest BCUT2D eigenvalue weighted by molar-refractivity contribution is 0.312. The minimum atomic E-state index is -3.47. The highest BCUT2D eigenvalue weighted by Crippen LogP contribution is 2.30. The Kier molecular flexibility index (Phi) is 4.66. The normalized spacial score (nSPS) is 11.7. The number of benzene rings is 1. The molecule has 0 atom stereocenters. The third-order valence-electron chi connectivity index (χ3n) is 1.54. The standard InChI is InChI=1S/C8H7Cl2IO3S/c1-15(12,13)14-4-5-2-3-6(11)8(10)7(5)9/h2-3H,4H2,1H3. The van der Waals surface area contributed by atoms with E-state index < -0.39 is 10.1 Å². The van der Waals surface area contributed by atoms with Crippen molar-refractivity contribution in [2.75, 3.05) is 6.26 Å². The first-order valence-corrected chi connectivity index (χ1v) is 7.43. The van der Waals surface area contributed by atoms with Crippen molar-refractivity contribution >= 4 is 55.9 Å². The van der Waals surface area contributed by atoms with Crippen LogP contribution in [0.1, 0.15) is 5.56 Å². The molecule has 0 saturated heterocycles. The first-order chi connectivity index (χ1) is 6.81. The zero-order valence-electron chi connectivity index (χ0n) is 7.63. The molecular weight excluding hydrogens is 374 g/mol. The summed E-state index contributed by atoms with van der Waals surface area (Å²) in [6, 6.07) is 3.43. The smallest absolute Gasteiger partial charge is 0.264 e. The van der Waals surface area contributed by atoms with Gasteiger partial charge in [-0.15, -0.1) is 0 Å². The molecule has 0 unspecified atom stereocenters. The Morgan fingerprint density at radius 1 is 1.33 bits per heavy atom. The van der Waals surface area contributed by atoms with Crippen LogP contribution in [0.15, 0.2) is 12.1 Å². The zero-order valence-corrected chi connectivity index (χ0v) is 12.1. The molecule has 0 aliphatic heterocycles. The highest BCUT2D eigenvalue weighted by Gasteiger charge is 2.10. The fourth-order valence-corrected chi connectivity index (χ4v) is 2.20. The molecule has 0 aromatic heterocycles. The summed E-state index contributed by atoms with van der Waals surface area (Å²) in [6.45, 7) is -0.103. The summed E-state index contributed by atoms with van der Waals surface area (Å²) in [5.41, 5.74) is 0.549. The number of rotatable bonds is 3. The van der Waals surface area contributed by atoms with Gasteiger partial charge in [0.05, 0.1) is 22.9 Å². The number of hydrogen-bond donors (Lipinski definition) is 0. The summed E-state index contributed by atoms with van der Waals surface area (Å²) >= 11 is 13.8. The molecular formula is C8H7Cl2IO3S. The summed E-state index contributed by atoms with van der Waals surface area (Å²) in [4.78, 5) is 0. The Morgan fingerprint density at radius 3 is 2.47 bits per heavy atom. The molecule has 0 amide bonds. The van der Waals surface area contributed by atoms with Gasteiger partial charge in [-0.05, 0) is 34.2 Å². The molecule has 0 aliphatic carbocycles. The maximum Gasteiger partial charge on any atom is 0.264 e. The molecule has 0 heterocycles. The van der Waals surface area contributed by atoms with Gasteiger partial charge < -0.3 is 0 Å². The molecule has 0 radical (unpaired) electrons. The molecule has 84 valence electrons. The minimum absolute atomic E-state index is 0.103. The summed E-state index contributed by atoms with van der Waals surface area (Å²) < 4.78 is 27.0. The van der Waals surface area contributed by atoms with Crippen LogP contribution in [0.2, 0.25) is 10.0 Å². The third kappa shape index (κ3) is 4.07. The Hall–Kier alpha value is 0.440. The monoisotopic (exact) mass is 380 g/mol. The summed E-state index contributed by atoms with van der Waals surface area (Å²) in [7, 11) is -3.47. The van der Waals surface area contributed by atoms with Crippen LogP contribution >= 0.6 is 45.8 Å². The van der Waals surface area contributed by atoms with E-state index in [0.717, 1.165) is 9.83 Å². The van der Waals surface area contributed by atoms with Crippen molar-refractivity contribution in [3.05, 3.63) is 31.3 Å². The topological polar surface area (TPSA) is 43.4 Å². The van der Waals surface area contributed by atoms with Gasteiger partial charge in [0, 0.05) is 3.57 Å². The van der Waals surface area contributed by atoms with Crippen LogP contribution in [0.4, 0.5) is 0 Å². The van der Waals surface area contributed by atoms with E-state index in [1.807, 2.05) is 22.6 Å². The van der Waals surface area contributed by atoms with E-state index in [4.69, 9.17) is 23.2 Å². The van der Waals surface area contributed by atoms with E-state index in [1.54, 1.807) is 12.1 Å². The SMILES string of the molecule is CS(=O)(=O)OCc1ccc(I)c(Cl)c1Cl. The lowest BCUT2D eigenvalue weighted by atomic mass is 10.2. The highest BCUT2D eigenvalue weighted by molar-refractivity contribution is 14.1. The van der Waals surface area contributed by atoms with Crippen LogP contribution in [-0.2, 0) is 20.9 Å². The summed E-state index contributed by atoms with van der Waals surface area (Å²) in [6.07, 6.45) is 0.981. The van der Waals surface area contributed by atoms with Gasteiger partial charge in [0.15, 0.2) is 0 Å². The second-order valence-corrected chi connectivity index (χ2v) is 6.36. The molecule has 1 rings (SSSR count). The maximum atomic E-state index is 10.8. The van der Waals surface area contributed by atoms with Gasteiger partial charge in [-0.2, -0.15) is 8.42 Å². The Bertz CT molecular complexity index is 473. The average molecular weight is 381 g/mol. The molecule has 0 saturated carbocycles. The predicted octanol–water partition coefficient (Wildman–Crippen LogP) is 3.07. The average Bonchev–Trinajstić information content (AvgIpc) is 2.12. The lowest BCUT2D eigenvalue weighted by Gasteiger charge is -2.06. The van der Waals surface area contributed by atoms with Gasteiger partial charge in [-0.25, -0.2) is 0 Å². The second-order valence-electron chi connectivity index (χ2n) is 2.80. The van der Waals surface area contributed by atoms with Crippen molar-refractivity contribution < 1.29 is 12.6 Å². The van der Waals surface area contributed by atoms with Crippen molar-refractivity contribution in [1.82, 2.24) is 0 Å². The van der Waals surface area contributed by atoms with Crippen molar-refractivity contribution in [2.45, 2.75) is 6.61 Å². The Balaban J connectivity index is 2.93. The first kappa shape index (κ1) is 13.5. The van der Waals surface area contributed by atoms with Gasteiger partial charge >= 0.3 is 0 Å². The Morgan fingerprint density at radius 2 is 1.93 bits per heavy atom. The van der Waals surface area contributed by atoms with Crippen LogP contribution in [0.25, 0.3) is 0 Å². The van der Waals surface area contributed by atoms with Crippen LogP contribution in [0.5, 0.6) is 0 Å². The van der Waals surface area contributed by atoms with Crippen LogP contribution < -0.4 is 0 Å². The van der Waals surface area contributed by atoms with Gasteiger partial charge in [0.2, 0.25) is 0 Å². The lowest BCUT2D eigenvalue weighted by Crippen LogP contribution is -2.03. The molecule has 3 nitrogen and oxygen atoms in total. The fraction of sp³-hybridized carbons (Fsp3) is 0.250. The van der Waals surface area contributed by atoms with Crippen molar-refractivity contribution in [3.63, 3.8) is 0 Å². The van der Waals surface area contributed by atoms with E-state index in [-0.39, 0.29) is 6.61 Å². The van der Waals surface area contributed by atoms with Crippen molar-refractivity contribution in [1.29, 1.82) is 0 Å². The van der Waals surface area contributed by atoms with Crippen LogP contribution in [0.3, 0.4) is 0 Å².